The van der Waals surface area contributed by atoms with Gasteiger partial charge in [-0.05, 0) is 11.8 Å². The van der Waals surface area contributed by atoms with Crippen molar-refractivity contribution in [1.82, 2.24) is 0 Å². The van der Waals surface area contributed by atoms with Crippen LogP contribution in [0.3, 0.4) is 0 Å². The van der Waals surface area contributed by atoms with Crippen LogP contribution in [0.4, 0.5) is 0 Å². The molecular weight excluding hydrogens is 299 g/mol. The van der Waals surface area contributed by atoms with Gasteiger partial charge in [0.15, 0.2) is 0 Å². The summed E-state index contributed by atoms with van der Waals surface area (Å²) in [7, 11) is -2.59. The second-order valence-corrected chi connectivity index (χ2v) is 10.0. The van der Waals surface area contributed by atoms with Gasteiger partial charge in [0.25, 0.3) is 0 Å². The zero-order chi connectivity index (χ0) is 16.8. The summed E-state index contributed by atoms with van der Waals surface area (Å²) in [4.78, 5) is 0. The fourth-order valence-electron chi connectivity index (χ4n) is 3.20. The van der Waals surface area contributed by atoms with Gasteiger partial charge < -0.3 is 4.57 Å². The molecule has 1 nitrogen and oxygen atoms in total. The summed E-state index contributed by atoms with van der Waals surface area (Å²) >= 11 is 0. The Bertz CT molecular complexity index is 588. The van der Waals surface area contributed by atoms with Crippen molar-refractivity contribution in [3.05, 3.63) is 60.7 Å². The fraction of sp³-hybridized carbons (Fsp3) is 0.429. The van der Waals surface area contributed by atoms with Gasteiger partial charge in [0.2, 0.25) is 0 Å². The summed E-state index contributed by atoms with van der Waals surface area (Å²) in [6.07, 6.45) is 5.56. The predicted octanol–water partition coefficient (Wildman–Crippen LogP) is 5.61. The highest BCUT2D eigenvalue weighted by Crippen LogP contribution is 2.49. The molecule has 0 heterocycles. The molecule has 0 saturated heterocycles. The van der Waals surface area contributed by atoms with Gasteiger partial charge in [0.05, 0.1) is 0 Å². The second kappa shape index (κ2) is 7.97. The maximum atomic E-state index is 14.1. The zero-order valence-corrected chi connectivity index (χ0v) is 15.6. The van der Waals surface area contributed by atoms with E-state index < -0.39 is 7.14 Å². The van der Waals surface area contributed by atoms with Crippen molar-refractivity contribution >= 4 is 17.8 Å². The number of benzene rings is 2. The Morgan fingerprint density at radius 2 is 1.30 bits per heavy atom. The van der Waals surface area contributed by atoms with E-state index >= 15 is 0 Å². The average molecular weight is 328 g/mol. The van der Waals surface area contributed by atoms with Gasteiger partial charge in [-0.2, -0.15) is 0 Å². The lowest BCUT2D eigenvalue weighted by molar-refractivity contribution is 0.361. The topological polar surface area (TPSA) is 17.1 Å². The highest BCUT2D eigenvalue weighted by atomic mass is 31.2. The maximum Gasteiger partial charge on any atom is 0.143 e. The van der Waals surface area contributed by atoms with E-state index in [2.05, 4.69) is 20.8 Å². The van der Waals surface area contributed by atoms with Crippen LogP contribution in [-0.2, 0) is 4.57 Å². The van der Waals surface area contributed by atoms with E-state index in [0.29, 0.717) is 0 Å². The molecule has 0 aliphatic heterocycles. The number of hydrogen-bond acceptors (Lipinski definition) is 1. The molecule has 0 aliphatic carbocycles. The van der Waals surface area contributed by atoms with Gasteiger partial charge in [-0.3, -0.25) is 0 Å². The van der Waals surface area contributed by atoms with Gasteiger partial charge in [-0.15, -0.1) is 0 Å². The Hall–Kier alpha value is -1.33. The second-order valence-electron chi connectivity index (χ2n) is 7.19. The lowest BCUT2D eigenvalue weighted by atomic mass is 9.89. The summed E-state index contributed by atoms with van der Waals surface area (Å²) in [6.45, 7) is 6.76. The third kappa shape index (κ3) is 4.82. The highest BCUT2D eigenvalue weighted by molar-refractivity contribution is 7.78. The van der Waals surface area contributed by atoms with E-state index in [0.717, 1.165) is 23.2 Å². The van der Waals surface area contributed by atoms with E-state index in [9.17, 15) is 4.57 Å². The molecular formula is C21H29OP. The molecule has 0 aromatic heterocycles. The predicted molar refractivity (Wildman–Crippen MR) is 103 cm³/mol. The third-order valence-electron chi connectivity index (χ3n) is 4.45. The van der Waals surface area contributed by atoms with Crippen molar-refractivity contribution in [2.24, 2.45) is 5.41 Å². The first kappa shape index (κ1) is 18.0. The van der Waals surface area contributed by atoms with Crippen LogP contribution in [0.1, 0.15) is 46.5 Å². The molecule has 0 spiro atoms. The molecule has 2 rings (SSSR count). The summed E-state index contributed by atoms with van der Waals surface area (Å²) in [5.41, 5.74) is 0.0797. The smallest absolute Gasteiger partial charge is 0.143 e. The lowest BCUT2D eigenvalue weighted by Gasteiger charge is -2.31. The van der Waals surface area contributed by atoms with E-state index in [4.69, 9.17) is 0 Å². The van der Waals surface area contributed by atoms with Crippen LogP contribution >= 0.6 is 7.14 Å². The minimum absolute atomic E-state index is 0.0797. The van der Waals surface area contributed by atoms with Crippen molar-refractivity contribution in [3.8, 4) is 0 Å². The first-order chi connectivity index (χ1) is 11.0. The lowest BCUT2D eigenvalue weighted by Crippen LogP contribution is -2.27. The van der Waals surface area contributed by atoms with E-state index in [1.165, 1.54) is 19.3 Å². The third-order valence-corrected chi connectivity index (χ3v) is 8.02. The highest BCUT2D eigenvalue weighted by Gasteiger charge is 2.34. The first-order valence-electron chi connectivity index (χ1n) is 8.68. The van der Waals surface area contributed by atoms with Gasteiger partial charge in [-0.1, -0.05) is 101 Å². The molecule has 0 aliphatic rings. The average Bonchev–Trinajstić information content (AvgIpc) is 2.56. The minimum atomic E-state index is -2.59. The monoisotopic (exact) mass is 328 g/mol. The molecule has 0 atom stereocenters. The van der Waals surface area contributed by atoms with Gasteiger partial charge in [-0.25, -0.2) is 0 Å². The first-order valence-corrected chi connectivity index (χ1v) is 10.6. The molecule has 2 heteroatoms. The zero-order valence-electron chi connectivity index (χ0n) is 14.7. The van der Waals surface area contributed by atoms with Crippen LogP contribution in [0.25, 0.3) is 0 Å². The van der Waals surface area contributed by atoms with Crippen LogP contribution < -0.4 is 10.6 Å². The van der Waals surface area contributed by atoms with Crippen molar-refractivity contribution in [2.45, 2.75) is 46.5 Å². The Labute approximate surface area is 141 Å². The van der Waals surface area contributed by atoms with Crippen LogP contribution in [0.2, 0.25) is 0 Å². The Kier molecular flexibility index (Phi) is 6.25. The van der Waals surface area contributed by atoms with Gasteiger partial charge >= 0.3 is 0 Å². The maximum absolute atomic E-state index is 14.1. The van der Waals surface area contributed by atoms with Gasteiger partial charge in [0.1, 0.15) is 7.14 Å². The summed E-state index contributed by atoms with van der Waals surface area (Å²) in [5, 5.41) is 1.96. The molecule has 0 radical (unpaired) electrons. The number of unbranched alkanes of at least 4 members (excludes halogenated alkanes) is 2. The van der Waals surface area contributed by atoms with Crippen molar-refractivity contribution < 1.29 is 4.57 Å². The molecule has 0 unspecified atom stereocenters. The largest absolute Gasteiger partial charge is 0.314 e. The molecule has 23 heavy (non-hydrogen) atoms. The van der Waals surface area contributed by atoms with Crippen LogP contribution in [0, 0.1) is 5.41 Å². The molecule has 0 saturated carbocycles. The normalized spacial score (nSPS) is 12.3. The number of hydrogen-bond donors (Lipinski definition) is 0. The molecule has 2 aromatic rings. The summed E-state index contributed by atoms with van der Waals surface area (Å²) in [5.74, 6) is 0. The Morgan fingerprint density at radius 3 is 1.74 bits per heavy atom. The van der Waals surface area contributed by atoms with Crippen molar-refractivity contribution in [2.75, 3.05) is 6.16 Å². The molecule has 0 fully saturated rings. The minimum Gasteiger partial charge on any atom is -0.314 e. The summed E-state index contributed by atoms with van der Waals surface area (Å²) in [6, 6.07) is 20.1. The van der Waals surface area contributed by atoms with Crippen LogP contribution in [-0.4, -0.2) is 6.16 Å². The van der Waals surface area contributed by atoms with Crippen LogP contribution in [0.15, 0.2) is 60.7 Å². The van der Waals surface area contributed by atoms with Crippen molar-refractivity contribution in [3.63, 3.8) is 0 Å². The quantitative estimate of drug-likeness (QED) is 0.455. The summed E-state index contributed by atoms with van der Waals surface area (Å²) < 4.78 is 14.1. The Balaban J connectivity index is 2.34. The molecule has 124 valence electrons. The van der Waals surface area contributed by atoms with Gasteiger partial charge in [0, 0.05) is 16.8 Å². The molecule has 0 amide bonds. The molecule has 2 aromatic carbocycles. The molecule has 0 bridgehead atoms. The van der Waals surface area contributed by atoms with E-state index in [1.807, 2.05) is 60.7 Å². The van der Waals surface area contributed by atoms with E-state index in [-0.39, 0.29) is 5.41 Å². The standard InChI is InChI=1S/C21H29OP/c1-4-5-12-17-21(2,3)18-23(22,19-13-8-6-9-14-19)20-15-10-7-11-16-20/h6-11,13-16H,4-5,12,17-18H2,1-3H3. The Morgan fingerprint density at radius 1 is 0.826 bits per heavy atom. The van der Waals surface area contributed by atoms with Crippen LogP contribution in [0.5, 0.6) is 0 Å². The fourth-order valence-corrected chi connectivity index (χ4v) is 6.54. The molecule has 0 N–H and O–H groups in total. The number of rotatable bonds is 8. The van der Waals surface area contributed by atoms with E-state index in [1.54, 1.807) is 0 Å². The van der Waals surface area contributed by atoms with Crippen molar-refractivity contribution in [1.29, 1.82) is 0 Å². The SMILES string of the molecule is CCCCCC(C)(C)CP(=O)(c1ccccc1)c1ccccc1.